The van der Waals surface area contributed by atoms with Crippen molar-refractivity contribution in [2.75, 3.05) is 23.5 Å². The van der Waals surface area contributed by atoms with Crippen molar-refractivity contribution in [3.8, 4) is 11.8 Å². The van der Waals surface area contributed by atoms with Crippen LogP contribution in [-0.4, -0.2) is 24.7 Å². The molecule has 10 heteroatoms. The first-order chi connectivity index (χ1) is 17.9. The lowest BCUT2D eigenvalue weighted by molar-refractivity contribution is -0.114. The SMILES string of the molecule is COc1ccccc1NC(=O)C1=C(C)NC(SCC(=O)Nc2cccc(Cl)c2)=C(C#N)[C@@H]1c1cccs1. The number of anilines is 2. The average Bonchev–Trinajstić information content (AvgIpc) is 3.42. The number of hydrogen-bond donors (Lipinski definition) is 3. The molecular formula is C27H23ClN4O3S2. The van der Waals surface area contributed by atoms with E-state index in [1.54, 1.807) is 49.4 Å². The van der Waals surface area contributed by atoms with Crippen LogP contribution in [0.2, 0.25) is 5.02 Å². The Morgan fingerprint density at radius 3 is 2.68 bits per heavy atom. The maximum atomic E-state index is 13.5. The Bertz CT molecular complexity index is 1430. The molecule has 7 nitrogen and oxygen atoms in total. The minimum absolute atomic E-state index is 0.0627. The van der Waals surface area contributed by atoms with Crippen LogP contribution in [0.15, 0.2) is 87.9 Å². The molecule has 0 bridgehead atoms. The number of halogens is 1. The smallest absolute Gasteiger partial charge is 0.254 e. The fourth-order valence-corrected chi connectivity index (χ4v) is 5.83. The summed E-state index contributed by atoms with van der Waals surface area (Å²) in [6.45, 7) is 1.79. The van der Waals surface area contributed by atoms with E-state index in [2.05, 4.69) is 22.0 Å². The predicted octanol–water partition coefficient (Wildman–Crippen LogP) is 6.12. The number of hydrogen-bond acceptors (Lipinski definition) is 7. The maximum Gasteiger partial charge on any atom is 0.254 e. The van der Waals surface area contributed by atoms with Gasteiger partial charge in [0.05, 0.1) is 41.1 Å². The maximum absolute atomic E-state index is 13.5. The Labute approximate surface area is 228 Å². The largest absolute Gasteiger partial charge is 0.495 e. The minimum Gasteiger partial charge on any atom is -0.495 e. The number of benzene rings is 2. The number of thiophene rings is 1. The lowest BCUT2D eigenvalue weighted by Crippen LogP contribution is -2.31. The fraction of sp³-hybridized carbons (Fsp3) is 0.148. The quantitative estimate of drug-likeness (QED) is 0.312. The highest BCUT2D eigenvalue weighted by Crippen LogP contribution is 2.42. The number of nitrogens with one attached hydrogen (secondary N) is 3. The van der Waals surface area contributed by atoms with Gasteiger partial charge in [-0.1, -0.05) is 47.6 Å². The number of allylic oxidation sites excluding steroid dienone is 2. The molecule has 0 spiro atoms. The number of methoxy groups -OCH3 is 1. The summed E-state index contributed by atoms with van der Waals surface area (Å²) in [5, 5.41) is 22.1. The number of carbonyl (C=O) groups excluding carboxylic acids is 2. The number of para-hydroxylation sites is 2. The average molecular weight is 551 g/mol. The number of ether oxygens (including phenoxy) is 1. The van der Waals surface area contributed by atoms with Gasteiger partial charge in [0.25, 0.3) is 5.91 Å². The van der Waals surface area contributed by atoms with Crippen molar-refractivity contribution in [2.45, 2.75) is 12.8 Å². The lowest BCUT2D eigenvalue weighted by atomic mass is 9.86. The molecule has 1 atom stereocenters. The van der Waals surface area contributed by atoms with E-state index in [9.17, 15) is 14.9 Å². The summed E-state index contributed by atoms with van der Waals surface area (Å²) in [6, 6.07) is 20.1. The third-order valence-electron chi connectivity index (χ3n) is 5.53. The molecule has 1 aromatic heterocycles. The van der Waals surface area contributed by atoms with Gasteiger partial charge >= 0.3 is 0 Å². The second-order valence-electron chi connectivity index (χ2n) is 7.97. The van der Waals surface area contributed by atoms with E-state index in [0.717, 1.165) is 4.88 Å². The highest BCUT2D eigenvalue weighted by Gasteiger charge is 2.35. The highest BCUT2D eigenvalue weighted by molar-refractivity contribution is 8.03. The van der Waals surface area contributed by atoms with Crippen LogP contribution in [0.25, 0.3) is 0 Å². The van der Waals surface area contributed by atoms with E-state index in [4.69, 9.17) is 16.3 Å². The molecular weight excluding hydrogens is 528 g/mol. The van der Waals surface area contributed by atoms with E-state index >= 15 is 0 Å². The molecule has 3 aromatic rings. The van der Waals surface area contributed by atoms with Crippen LogP contribution in [0.3, 0.4) is 0 Å². The second-order valence-corrected chi connectivity index (χ2v) is 10.4. The van der Waals surface area contributed by atoms with Crippen LogP contribution in [0, 0.1) is 11.3 Å². The molecule has 4 rings (SSSR count). The second kappa shape index (κ2) is 12.0. The summed E-state index contributed by atoms with van der Waals surface area (Å²) in [4.78, 5) is 27.0. The van der Waals surface area contributed by atoms with E-state index in [-0.39, 0.29) is 17.6 Å². The molecule has 1 aliphatic heterocycles. The van der Waals surface area contributed by atoms with Crippen molar-refractivity contribution in [3.63, 3.8) is 0 Å². The number of dihydropyridines is 1. The zero-order chi connectivity index (χ0) is 26.4. The van der Waals surface area contributed by atoms with Crippen LogP contribution >= 0.6 is 34.7 Å². The van der Waals surface area contributed by atoms with Gasteiger partial charge in [0.2, 0.25) is 5.91 Å². The summed E-state index contributed by atoms with van der Waals surface area (Å²) in [5.74, 6) is -0.577. The Morgan fingerprint density at radius 1 is 1.16 bits per heavy atom. The molecule has 0 fully saturated rings. The van der Waals surface area contributed by atoms with Crippen LogP contribution in [0.5, 0.6) is 5.75 Å². The van der Waals surface area contributed by atoms with Crippen molar-refractivity contribution in [2.24, 2.45) is 0 Å². The predicted molar refractivity (Wildman–Crippen MR) is 150 cm³/mol. The Balaban J connectivity index is 1.59. The van der Waals surface area contributed by atoms with Crippen molar-refractivity contribution >= 4 is 57.9 Å². The molecule has 37 heavy (non-hydrogen) atoms. The number of carbonyl (C=O) groups is 2. The van der Waals surface area contributed by atoms with Gasteiger partial charge in [-0.25, -0.2) is 0 Å². The zero-order valence-corrected chi connectivity index (χ0v) is 22.4. The Hall–Kier alpha value is -3.71. The Kier molecular flexibility index (Phi) is 8.56. The van der Waals surface area contributed by atoms with Crippen LogP contribution in [0.4, 0.5) is 11.4 Å². The normalized spacial score (nSPS) is 15.0. The van der Waals surface area contributed by atoms with E-state index < -0.39 is 5.92 Å². The first-order valence-corrected chi connectivity index (χ1v) is 13.4. The van der Waals surface area contributed by atoms with Crippen LogP contribution in [-0.2, 0) is 9.59 Å². The minimum atomic E-state index is -0.584. The molecule has 0 aliphatic carbocycles. The number of nitrogens with zero attached hydrogens (tertiary/aromatic N) is 1. The topological polar surface area (TPSA) is 103 Å². The summed E-state index contributed by atoms with van der Waals surface area (Å²) in [5.41, 5.74) is 2.52. The van der Waals surface area contributed by atoms with Gasteiger partial charge in [0.1, 0.15) is 5.75 Å². The molecule has 0 unspecified atom stereocenters. The first kappa shape index (κ1) is 26.4. The van der Waals surface area contributed by atoms with E-state index in [1.807, 2.05) is 23.6 Å². The number of nitriles is 1. The Morgan fingerprint density at radius 2 is 1.97 bits per heavy atom. The van der Waals surface area contributed by atoms with Crippen molar-refractivity contribution in [1.29, 1.82) is 5.26 Å². The van der Waals surface area contributed by atoms with Gasteiger partial charge in [-0.2, -0.15) is 5.26 Å². The molecule has 2 amide bonds. The van der Waals surface area contributed by atoms with Crippen molar-refractivity contribution in [1.82, 2.24) is 5.32 Å². The van der Waals surface area contributed by atoms with Crippen LogP contribution < -0.4 is 20.7 Å². The van der Waals surface area contributed by atoms with E-state index in [0.29, 0.717) is 44.0 Å². The number of thioether (sulfide) groups is 1. The molecule has 188 valence electrons. The lowest BCUT2D eigenvalue weighted by Gasteiger charge is -2.29. The zero-order valence-electron chi connectivity index (χ0n) is 20.0. The summed E-state index contributed by atoms with van der Waals surface area (Å²) < 4.78 is 5.37. The molecule has 1 aliphatic rings. The summed E-state index contributed by atoms with van der Waals surface area (Å²) >= 11 is 8.67. The molecule has 0 saturated heterocycles. The van der Waals surface area contributed by atoms with Gasteiger partial charge in [-0.05, 0) is 48.7 Å². The van der Waals surface area contributed by atoms with Gasteiger partial charge < -0.3 is 20.7 Å². The molecule has 2 heterocycles. The number of rotatable bonds is 8. The highest BCUT2D eigenvalue weighted by atomic mass is 35.5. The standard InChI is InChI=1S/C27H23ClN4O3S2/c1-16-24(26(34)32-20-9-3-4-10-21(20)35-2)25(22-11-6-12-36-22)19(14-29)27(30-16)37-15-23(33)31-18-8-5-7-17(28)13-18/h3-13,25,30H,15H2,1-2H3,(H,31,33)(H,32,34)/t25-/m1/s1. The van der Waals surface area contributed by atoms with E-state index in [1.165, 1.54) is 30.2 Å². The first-order valence-electron chi connectivity index (χ1n) is 11.2. The molecule has 2 aromatic carbocycles. The van der Waals surface area contributed by atoms with Crippen LogP contribution in [0.1, 0.15) is 17.7 Å². The third kappa shape index (κ3) is 6.17. The summed E-state index contributed by atoms with van der Waals surface area (Å²) in [6.07, 6.45) is 0. The molecule has 0 radical (unpaired) electrons. The fourth-order valence-electron chi connectivity index (χ4n) is 3.91. The van der Waals surface area contributed by atoms with Gasteiger partial charge in [0, 0.05) is 26.9 Å². The van der Waals surface area contributed by atoms with Gasteiger partial charge in [-0.15, -0.1) is 11.3 Å². The monoisotopic (exact) mass is 550 g/mol. The van der Waals surface area contributed by atoms with Crippen molar-refractivity contribution in [3.05, 3.63) is 97.8 Å². The third-order valence-corrected chi connectivity index (χ3v) is 7.72. The van der Waals surface area contributed by atoms with Gasteiger partial charge in [-0.3, -0.25) is 9.59 Å². The summed E-state index contributed by atoms with van der Waals surface area (Å²) in [7, 11) is 1.54. The number of amides is 2. The van der Waals surface area contributed by atoms with Crippen molar-refractivity contribution < 1.29 is 14.3 Å². The molecule has 3 N–H and O–H groups in total. The van der Waals surface area contributed by atoms with Gasteiger partial charge in [0.15, 0.2) is 0 Å². The molecule has 0 saturated carbocycles.